The molecule has 1 unspecified atom stereocenters. The molecule has 1 aromatic rings. The summed E-state index contributed by atoms with van der Waals surface area (Å²) in [5.74, 6) is -0.708. The zero-order valence-electron chi connectivity index (χ0n) is 11.6. The highest BCUT2D eigenvalue weighted by atomic mass is 19.4. The number of benzene rings is 1. The van der Waals surface area contributed by atoms with E-state index in [0.717, 1.165) is 0 Å². The number of ketones is 1. The molecule has 0 fully saturated rings. The van der Waals surface area contributed by atoms with Crippen LogP contribution >= 0.6 is 0 Å². The first kappa shape index (κ1) is 16.5. The largest absolute Gasteiger partial charge is 0.573 e. The number of halogens is 3. The smallest absolute Gasteiger partial charge is 0.406 e. The number of nitrogens with one attached hydrogen (secondary N) is 1. The monoisotopic (exact) mass is 289 g/mol. The Morgan fingerprint density at radius 2 is 1.80 bits per heavy atom. The summed E-state index contributed by atoms with van der Waals surface area (Å²) in [5, 5.41) is 3.15. The van der Waals surface area contributed by atoms with E-state index in [1.165, 1.54) is 31.2 Å². The van der Waals surface area contributed by atoms with E-state index < -0.39 is 6.36 Å². The summed E-state index contributed by atoms with van der Waals surface area (Å²) in [6, 6.07) is 5.62. The molecule has 0 radical (unpaired) electrons. The SMILES string of the molecule is CC(=O)C(CNC(C)C)c1ccc(OC(F)(F)F)cc1. The van der Waals surface area contributed by atoms with Gasteiger partial charge in [0.2, 0.25) is 0 Å². The number of ether oxygens (including phenoxy) is 1. The molecule has 3 nitrogen and oxygen atoms in total. The average Bonchev–Trinajstić information content (AvgIpc) is 2.28. The second-order valence-corrected chi connectivity index (χ2v) is 4.84. The normalized spacial score (nSPS) is 13.3. The first-order valence-corrected chi connectivity index (χ1v) is 6.28. The van der Waals surface area contributed by atoms with E-state index in [1.807, 2.05) is 13.8 Å². The Hall–Kier alpha value is -1.56. The lowest BCUT2D eigenvalue weighted by atomic mass is 9.95. The van der Waals surface area contributed by atoms with E-state index >= 15 is 0 Å². The molecule has 0 aliphatic rings. The molecule has 0 bridgehead atoms. The van der Waals surface area contributed by atoms with Crippen LogP contribution in [0.5, 0.6) is 5.75 Å². The molecule has 0 spiro atoms. The van der Waals surface area contributed by atoms with Crippen LogP contribution in [0.3, 0.4) is 0 Å². The fourth-order valence-electron chi connectivity index (χ4n) is 1.75. The molecule has 6 heteroatoms. The Morgan fingerprint density at radius 1 is 1.25 bits per heavy atom. The number of hydrogen-bond donors (Lipinski definition) is 1. The van der Waals surface area contributed by atoms with Gasteiger partial charge >= 0.3 is 6.36 Å². The van der Waals surface area contributed by atoms with Crippen molar-refractivity contribution >= 4 is 5.78 Å². The maximum atomic E-state index is 12.1. The molecule has 0 aliphatic carbocycles. The van der Waals surface area contributed by atoms with Gasteiger partial charge < -0.3 is 10.1 Å². The molecule has 1 aromatic carbocycles. The van der Waals surface area contributed by atoms with Gasteiger partial charge in [0.15, 0.2) is 0 Å². The topological polar surface area (TPSA) is 38.3 Å². The first-order chi connectivity index (χ1) is 9.19. The van der Waals surface area contributed by atoms with Crippen molar-refractivity contribution in [3.63, 3.8) is 0 Å². The van der Waals surface area contributed by atoms with Gasteiger partial charge in [0.05, 0.1) is 5.92 Å². The summed E-state index contributed by atoms with van der Waals surface area (Å²) in [6.07, 6.45) is -4.71. The van der Waals surface area contributed by atoms with E-state index in [4.69, 9.17) is 0 Å². The fourth-order valence-corrected chi connectivity index (χ4v) is 1.75. The summed E-state index contributed by atoms with van der Waals surface area (Å²) in [5.41, 5.74) is 0.667. The Kier molecular flexibility index (Phi) is 5.56. The molecule has 1 atom stereocenters. The van der Waals surface area contributed by atoms with Crippen molar-refractivity contribution in [3.8, 4) is 5.75 Å². The number of rotatable bonds is 6. The van der Waals surface area contributed by atoms with E-state index in [-0.39, 0.29) is 23.5 Å². The molecule has 0 saturated heterocycles. The van der Waals surface area contributed by atoms with Gasteiger partial charge in [-0.25, -0.2) is 0 Å². The second-order valence-electron chi connectivity index (χ2n) is 4.84. The molecule has 112 valence electrons. The van der Waals surface area contributed by atoms with Crippen LogP contribution < -0.4 is 10.1 Å². The molecule has 0 aromatic heterocycles. The van der Waals surface area contributed by atoms with E-state index in [1.54, 1.807) is 0 Å². The standard InChI is InChI=1S/C14H18F3NO2/c1-9(2)18-8-13(10(3)19)11-4-6-12(7-5-11)20-14(15,16)17/h4-7,9,13,18H,8H2,1-3H3. The third kappa shape index (κ3) is 5.61. The van der Waals surface area contributed by atoms with Gasteiger partial charge in [0.1, 0.15) is 11.5 Å². The van der Waals surface area contributed by atoms with Crippen molar-refractivity contribution in [2.24, 2.45) is 0 Å². The van der Waals surface area contributed by atoms with Crippen molar-refractivity contribution in [2.75, 3.05) is 6.54 Å². The van der Waals surface area contributed by atoms with Crippen LogP contribution in [0, 0.1) is 0 Å². The lowest BCUT2D eigenvalue weighted by molar-refractivity contribution is -0.274. The molecule has 0 saturated carbocycles. The average molecular weight is 289 g/mol. The molecule has 0 aliphatic heterocycles. The minimum absolute atomic E-state index is 0.0392. The van der Waals surface area contributed by atoms with Crippen LogP contribution in [0.1, 0.15) is 32.3 Å². The molecule has 0 heterocycles. The summed E-state index contributed by atoms with van der Waals surface area (Å²) >= 11 is 0. The fraction of sp³-hybridized carbons (Fsp3) is 0.500. The second kappa shape index (κ2) is 6.74. The van der Waals surface area contributed by atoms with Gasteiger partial charge in [-0.2, -0.15) is 0 Å². The third-order valence-corrected chi connectivity index (χ3v) is 2.74. The van der Waals surface area contributed by atoms with Crippen molar-refractivity contribution in [1.82, 2.24) is 5.32 Å². The maximum Gasteiger partial charge on any atom is 0.573 e. The van der Waals surface area contributed by atoms with E-state index in [2.05, 4.69) is 10.1 Å². The first-order valence-electron chi connectivity index (χ1n) is 6.28. The summed E-state index contributed by atoms with van der Waals surface area (Å²) in [7, 11) is 0. The van der Waals surface area contributed by atoms with Crippen LogP contribution in [-0.4, -0.2) is 24.7 Å². The zero-order valence-corrected chi connectivity index (χ0v) is 11.6. The van der Waals surface area contributed by atoms with E-state index in [9.17, 15) is 18.0 Å². The van der Waals surface area contributed by atoms with Crippen LogP contribution in [0.25, 0.3) is 0 Å². The molecule has 1 N–H and O–H groups in total. The van der Waals surface area contributed by atoms with Crippen molar-refractivity contribution in [2.45, 2.75) is 39.1 Å². The molecular weight excluding hydrogens is 271 g/mol. The number of carbonyl (C=O) groups excluding carboxylic acids is 1. The Balaban J connectivity index is 2.80. The van der Waals surface area contributed by atoms with Gasteiger partial charge in [-0.3, -0.25) is 4.79 Å². The quantitative estimate of drug-likeness (QED) is 0.873. The van der Waals surface area contributed by atoms with Crippen molar-refractivity contribution in [3.05, 3.63) is 29.8 Å². The van der Waals surface area contributed by atoms with Crippen LogP contribution in [0.2, 0.25) is 0 Å². The van der Waals surface area contributed by atoms with Crippen LogP contribution in [0.4, 0.5) is 13.2 Å². The van der Waals surface area contributed by atoms with Gasteiger partial charge in [0.25, 0.3) is 0 Å². The van der Waals surface area contributed by atoms with Crippen LogP contribution in [-0.2, 0) is 4.79 Å². The van der Waals surface area contributed by atoms with Gasteiger partial charge in [-0.15, -0.1) is 13.2 Å². The highest BCUT2D eigenvalue weighted by molar-refractivity contribution is 5.83. The predicted molar refractivity (Wildman–Crippen MR) is 69.7 cm³/mol. The van der Waals surface area contributed by atoms with Crippen LogP contribution in [0.15, 0.2) is 24.3 Å². The number of carbonyl (C=O) groups is 1. The molecular formula is C14H18F3NO2. The van der Waals surface area contributed by atoms with Gasteiger partial charge in [-0.05, 0) is 24.6 Å². The number of Topliss-reactive ketones (excluding diaryl/α,β-unsaturated/α-hetero) is 1. The van der Waals surface area contributed by atoms with Crippen molar-refractivity contribution in [1.29, 1.82) is 0 Å². The summed E-state index contributed by atoms with van der Waals surface area (Å²) < 4.78 is 40.0. The highest BCUT2D eigenvalue weighted by Crippen LogP contribution is 2.25. The van der Waals surface area contributed by atoms with Gasteiger partial charge in [0, 0.05) is 12.6 Å². The lowest BCUT2D eigenvalue weighted by Gasteiger charge is -2.17. The number of alkyl halides is 3. The zero-order chi connectivity index (χ0) is 15.3. The summed E-state index contributed by atoms with van der Waals surface area (Å²) in [4.78, 5) is 11.6. The predicted octanol–water partition coefficient (Wildman–Crippen LogP) is 3.26. The molecule has 20 heavy (non-hydrogen) atoms. The minimum atomic E-state index is -4.71. The molecule has 0 amide bonds. The highest BCUT2D eigenvalue weighted by Gasteiger charge is 2.31. The Labute approximate surface area is 116 Å². The number of hydrogen-bond acceptors (Lipinski definition) is 3. The third-order valence-electron chi connectivity index (χ3n) is 2.74. The molecule has 1 rings (SSSR count). The van der Waals surface area contributed by atoms with E-state index in [0.29, 0.717) is 12.1 Å². The van der Waals surface area contributed by atoms with Gasteiger partial charge in [-0.1, -0.05) is 26.0 Å². The maximum absolute atomic E-state index is 12.1. The van der Waals surface area contributed by atoms with Crippen molar-refractivity contribution < 1.29 is 22.7 Å². The Morgan fingerprint density at radius 3 is 2.20 bits per heavy atom. The summed E-state index contributed by atoms with van der Waals surface area (Å²) in [6.45, 7) is 5.83. The lowest BCUT2D eigenvalue weighted by Crippen LogP contribution is -2.30. The minimum Gasteiger partial charge on any atom is -0.406 e. The Bertz CT molecular complexity index is 441.